The van der Waals surface area contributed by atoms with Gasteiger partial charge in [0.05, 0.1) is 17.7 Å². The molecular formula is C15H20BrNO2. The van der Waals surface area contributed by atoms with Crippen molar-refractivity contribution < 1.29 is 9.47 Å². The first-order valence-electron chi connectivity index (χ1n) is 7.02. The molecule has 1 heterocycles. The maximum atomic E-state index is 5.92. The molecule has 104 valence electrons. The Labute approximate surface area is 122 Å². The van der Waals surface area contributed by atoms with Crippen molar-refractivity contribution in [3.05, 3.63) is 22.2 Å². The van der Waals surface area contributed by atoms with Crippen LogP contribution < -0.4 is 14.8 Å². The number of hydrogen-bond acceptors (Lipinski definition) is 3. The van der Waals surface area contributed by atoms with Crippen molar-refractivity contribution in [3.8, 4) is 11.5 Å². The molecule has 0 radical (unpaired) electrons. The lowest BCUT2D eigenvalue weighted by molar-refractivity contribution is 0.280. The first-order chi connectivity index (χ1) is 9.26. The third-order valence-electron chi connectivity index (χ3n) is 3.74. The summed E-state index contributed by atoms with van der Waals surface area (Å²) in [5.41, 5.74) is 1.30. The minimum atomic E-state index is 0.382. The third kappa shape index (κ3) is 3.23. The minimum absolute atomic E-state index is 0.382. The Bertz CT molecular complexity index is 454. The van der Waals surface area contributed by atoms with E-state index in [2.05, 4.69) is 33.4 Å². The van der Waals surface area contributed by atoms with E-state index in [-0.39, 0.29) is 0 Å². The molecule has 0 amide bonds. The van der Waals surface area contributed by atoms with Crippen LogP contribution in [-0.2, 0) is 6.42 Å². The molecular weight excluding hydrogens is 306 g/mol. The van der Waals surface area contributed by atoms with Crippen LogP contribution in [-0.4, -0.2) is 25.8 Å². The molecule has 1 aliphatic heterocycles. The molecule has 2 aliphatic rings. The maximum Gasteiger partial charge on any atom is 0.175 e. The van der Waals surface area contributed by atoms with Crippen molar-refractivity contribution in [1.29, 1.82) is 0 Å². The molecule has 4 heteroatoms. The molecule has 1 saturated heterocycles. The van der Waals surface area contributed by atoms with Crippen LogP contribution in [0, 0.1) is 0 Å². The van der Waals surface area contributed by atoms with Crippen LogP contribution in [0.25, 0.3) is 0 Å². The Morgan fingerprint density at radius 2 is 2.16 bits per heavy atom. The summed E-state index contributed by atoms with van der Waals surface area (Å²) < 4.78 is 12.4. The van der Waals surface area contributed by atoms with Crippen molar-refractivity contribution in [1.82, 2.24) is 5.32 Å². The van der Waals surface area contributed by atoms with Crippen molar-refractivity contribution in [2.24, 2.45) is 0 Å². The second-order valence-electron chi connectivity index (χ2n) is 5.42. The summed E-state index contributed by atoms with van der Waals surface area (Å²) in [6.45, 7) is 1.14. The lowest BCUT2D eigenvalue weighted by atomic mass is 10.0. The van der Waals surface area contributed by atoms with E-state index in [1.165, 1.54) is 18.4 Å². The van der Waals surface area contributed by atoms with E-state index in [0.29, 0.717) is 12.1 Å². The number of methoxy groups -OCH3 is 1. The second-order valence-corrected chi connectivity index (χ2v) is 6.28. The molecule has 1 atom stereocenters. The molecule has 0 bridgehead atoms. The molecule has 0 aromatic heterocycles. The second kappa shape index (κ2) is 5.71. The molecule has 1 aliphatic carbocycles. The first kappa shape index (κ1) is 13.3. The smallest absolute Gasteiger partial charge is 0.175 e. The van der Waals surface area contributed by atoms with E-state index in [0.717, 1.165) is 41.8 Å². The molecule has 19 heavy (non-hydrogen) atoms. The molecule has 1 saturated carbocycles. The van der Waals surface area contributed by atoms with Crippen LogP contribution in [0.15, 0.2) is 16.6 Å². The summed E-state index contributed by atoms with van der Waals surface area (Å²) in [4.78, 5) is 0. The van der Waals surface area contributed by atoms with Gasteiger partial charge in [-0.3, -0.25) is 0 Å². The number of rotatable bonds is 5. The Morgan fingerprint density at radius 3 is 2.79 bits per heavy atom. The van der Waals surface area contributed by atoms with Gasteiger partial charge >= 0.3 is 0 Å². The van der Waals surface area contributed by atoms with E-state index in [4.69, 9.17) is 9.47 Å². The van der Waals surface area contributed by atoms with Gasteiger partial charge in [0.25, 0.3) is 0 Å². The van der Waals surface area contributed by atoms with Crippen LogP contribution in [0.5, 0.6) is 11.5 Å². The zero-order chi connectivity index (χ0) is 13.2. The summed E-state index contributed by atoms with van der Waals surface area (Å²) in [5.74, 6) is 1.70. The molecule has 1 N–H and O–H groups in total. The first-order valence-corrected chi connectivity index (χ1v) is 7.82. The van der Waals surface area contributed by atoms with Crippen molar-refractivity contribution in [2.45, 2.75) is 44.2 Å². The lowest BCUT2D eigenvalue weighted by Crippen LogP contribution is -2.23. The van der Waals surface area contributed by atoms with Crippen LogP contribution in [0.4, 0.5) is 0 Å². The summed E-state index contributed by atoms with van der Waals surface area (Å²) in [7, 11) is 1.71. The summed E-state index contributed by atoms with van der Waals surface area (Å²) in [6, 6.07) is 4.88. The molecule has 1 unspecified atom stereocenters. The third-order valence-corrected chi connectivity index (χ3v) is 4.33. The van der Waals surface area contributed by atoms with Crippen LogP contribution in [0.2, 0.25) is 0 Å². The highest BCUT2D eigenvalue weighted by atomic mass is 79.9. The quantitative estimate of drug-likeness (QED) is 0.901. The molecule has 3 nitrogen and oxygen atoms in total. The molecule has 1 aromatic rings. The van der Waals surface area contributed by atoms with E-state index in [9.17, 15) is 0 Å². The van der Waals surface area contributed by atoms with Crippen LogP contribution >= 0.6 is 15.9 Å². The summed E-state index contributed by atoms with van der Waals surface area (Å²) in [6.07, 6.45) is 6.30. The number of halogens is 1. The van der Waals surface area contributed by atoms with E-state index in [1.54, 1.807) is 7.11 Å². The Balaban J connectivity index is 1.78. The van der Waals surface area contributed by atoms with Gasteiger partial charge in [0, 0.05) is 6.04 Å². The van der Waals surface area contributed by atoms with Crippen molar-refractivity contribution >= 4 is 15.9 Å². The molecule has 0 spiro atoms. The van der Waals surface area contributed by atoms with E-state index < -0.39 is 0 Å². The zero-order valence-corrected chi connectivity index (χ0v) is 12.8. The SMILES string of the molecule is COc1cc(CC2CCCN2)cc(Br)c1OC1CC1. The zero-order valence-electron chi connectivity index (χ0n) is 11.2. The fourth-order valence-electron chi connectivity index (χ4n) is 2.57. The lowest BCUT2D eigenvalue weighted by Gasteiger charge is -2.16. The van der Waals surface area contributed by atoms with Gasteiger partial charge in [-0.1, -0.05) is 0 Å². The van der Waals surface area contributed by atoms with Gasteiger partial charge in [-0.15, -0.1) is 0 Å². The minimum Gasteiger partial charge on any atom is -0.493 e. The number of ether oxygens (including phenoxy) is 2. The summed E-state index contributed by atoms with van der Waals surface area (Å²) in [5, 5.41) is 3.53. The Kier molecular flexibility index (Phi) is 3.99. The summed E-state index contributed by atoms with van der Waals surface area (Å²) >= 11 is 3.62. The number of hydrogen-bond donors (Lipinski definition) is 1. The fourth-order valence-corrected chi connectivity index (χ4v) is 3.16. The normalized spacial score (nSPS) is 22.5. The average molecular weight is 326 g/mol. The standard InChI is InChI=1S/C15H20BrNO2/c1-18-14-9-10(7-11-3-2-6-17-11)8-13(16)15(14)19-12-4-5-12/h8-9,11-12,17H,2-7H2,1H3. The predicted molar refractivity (Wildman–Crippen MR) is 79.1 cm³/mol. The topological polar surface area (TPSA) is 30.5 Å². The Hall–Kier alpha value is -0.740. The van der Waals surface area contributed by atoms with Crippen LogP contribution in [0.3, 0.4) is 0 Å². The van der Waals surface area contributed by atoms with E-state index in [1.807, 2.05) is 0 Å². The van der Waals surface area contributed by atoms with E-state index >= 15 is 0 Å². The highest BCUT2D eigenvalue weighted by Crippen LogP contribution is 2.40. The predicted octanol–water partition coefficient (Wildman–Crippen LogP) is 3.29. The van der Waals surface area contributed by atoms with Gasteiger partial charge in [0.2, 0.25) is 0 Å². The van der Waals surface area contributed by atoms with Crippen molar-refractivity contribution in [2.75, 3.05) is 13.7 Å². The Morgan fingerprint density at radius 1 is 1.32 bits per heavy atom. The van der Waals surface area contributed by atoms with Gasteiger partial charge < -0.3 is 14.8 Å². The number of benzene rings is 1. The molecule has 2 fully saturated rings. The van der Waals surface area contributed by atoms with Crippen molar-refractivity contribution in [3.63, 3.8) is 0 Å². The monoisotopic (exact) mass is 325 g/mol. The highest BCUT2D eigenvalue weighted by molar-refractivity contribution is 9.10. The largest absolute Gasteiger partial charge is 0.493 e. The molecule has 3 rings (SSSR count). The average Bonchev–Trinajstić information content (AvgIpc) is 3.08. The van der Waals surface area contributed by atoms with Gasteiger partial charge in [-0.05, 0) is 72.3 Å². The maximum absolute atomic E-state index is 5.92. The van der Waals surface area contributed by atoms with Gasteiger partial charge in [0.15, 0.2) is 11.5 Å². The van der Waals surface area contributed by atoms with Crippen LogP contribution in [0.1, 0.15) is 31.2 Å². The van der Waals surface area contributed by atoms with Gasteiger partial charge in [0.1, 0.15) is 0 Å². The highest BCUT2D eigenvalue weighted by Gasteiger charge is 2.26. The fraction of sp³-hybridized carbons (Fsp3) is 0.600. The molecule has 1 aromatic carbocycles. The van der Waals surface area contributed by atoms with Gasteiger partial charge in [-0.2, -0.15) is 0 Å². The number of nitrogens with one attached hydrogen (secondary N) is 1. The van der Waals surface area contributed by atoms with Gasteiger partial charge in [-0.25, -0.2) is 0 Å².